The molecule has 0 saturated carbocycles. The summed E-state index contributed by atoms with van der Waals surface area (Å²) in [6, 6.07) is 10.3. The monoisotopic (exact) mass is 366 g/mol. The van der Waals surface area contributed by atoms with Crippen LogP contribution in [0.1, 0.15) is 28.4 Å². The van der Waals surface area contributed by atoms with Crippen LogP contribution in [-0.2, 0) is 13.6 Å². The second-order valence-electron chi connectivity index (χ2n) is 6.30. The number of nitrogens with zero attached hydrogens (tertiary/aromatic N) is 5. The summed E-state index contributed by atoms with van der Waals surface area (Å²) < 4.78 is 3.13. The molecule has 0 bridgehead atoms. The van der Waals surface area contributed by atoms with Crippen LogP contribution in [0.3, 0.4) is 0 Å². The molecule has 0 unspecified atom stereocenters. The molecule has 1 N–H and O–H groups in total. The minimum Gasteiger partial charge on any atom is -0.352 e. The maximum absolute atomic E-state index is 12.3. The van der Waals surface area contributed by atoms with Gasteiger partial charge in [-0.3, -0.25) is 14.3 Å². The van der Waals surface area contributed by atoms with Gasteiger partial charge in [0, 0.05) is 37.3 Å². The van der Waals surface area contributed by atoms with Crippen molar-refractivity contribution >= 4 is 5.91 Å². The molecular formula is C19H22N6O2. The van der Waals surface area contributed by atoms with E-state index in [9.17, 15) is 9.59 Å². The number of aryl methyl sites for hydroxylation is 4. The number of hydrogen-bond acceptors (Lipinski definition) is 5. The molecule has 0 aliphatic carbocycles. The largest absolute Gasteiger partial charge is 0.352 e. The molecule has 0 aliphatic heterocycles. The van der Waals surface area contributed by atoms with Crippen molar-refractivity contribution in [1.29, 1.82) is 0 Å². The smallest absolute Gasteiger partial charge is 0.266 e. The zero-order valence-corrected chi connectivity index (χ0v) is 15.6. The van der Waals surface area contributed by atoms with E-state index in [4.69, 9.17) is 0 Å². The Morgan fingerprint density at radius 3 is 2.44 bits per heavy atom. The van der Waals surface area contributed by atoms with Gasteiger partial charge in [-0.15, -0.1) is 0 Å². The van der Waals surface area contributed by atoms with Gasteiger partial charge in [0.25, 0.3) is 11.5 Å². The Hall–Kier alpha value is -3.29. The number of carbonyl (C=O) groups is 1. The quantitative estimate of drug-likeness (QED) is 0.667. The lowest BCUT2D eigenvalue weighted by atomic mass is 10.1. The Morgan fingerprint density at radius 2 is 1.81 bits per heavy atom. The van der Waals surface area contributed by atoms with Crippen molar-refractivity contribution in [2.24, 2.45) is 7.05 Å². The van der Waals surface area contributed by atoms with Crippen LogP contribution < -0.4 is 10.9 Å². The number of benzene rings is 1. The molecule has 1 amide bonds. The normalized spacial score (nSPS) is 10.8. The Morgan fingerprint density at radius 1 is 1.07 bits per heavy atom. The molecule has 0 spiro atoms. The Kier molecular flexibility index (Phi) is 5.44. The lowest BCUT2D eigenvalue weighted by Gasteiger charge is -2.07. The van der Waals surface area contributed by atoms with Crippen molar-refractivity contribution in [3.05, 3.63) is 64.0 Å². The summed E-state index contributed by atoms with van der Waals surface area (Å²) in [7, 11) is 1.61. The summed E-state index contributed by atoms with van der Waals surface area (Å²) >= 11 is 0. The van der Waals surface area contributed by atoms with Gasteiger partial charge in [-0.1, -0.05) is 12.1 Å². The first-order chi connectivity index (χ1) is 12.9. The fraction of sp³-hybridized carbons (Fsp3) is 0.316. The second kappa shape index (κ2) is 7.94. The number of nitrogens with one attached hydrogen (secondary N) is 1. The van der Waals surface area contributed by atoms with Gasteiger partial charge in [0.15, 0.2) is 0 Å². The molecule has 27 heavy (non-hydrogen) atoms. The van der Waals surface area contributed by atoms with Crippen LogP contribution in [0.2, 0.25) is 0 Å². The predicted molar refractivity (Wildman–Crippen MR) is 101 cm³/mol. The molecule has 0 atom stereocenters. The highest BCUT2D eigenvalue weighted by molar-refractivity contribution is 5.94. The van der Waals surface area contributed by atoms with Crippen LogP contribution in [-0.4, -0.2) is 37.0 Å². The highest BCUT2D eigenvalue weighted by atomic mass is 16.1. The first-order valence-corrected chi connectivity index (χ1v) is 8.75. The first kappa shape index (κ1) is 18.5. The third kappa shape index (κ3) is 4.46. The van der Waals surface area contributed by atoms with Gasteiger partial charge >= 0.3 is 0 Å². The molecule has 2 aromatic heterocycles. The van der Waals surface area contributed by atoms with E-state index in [2.05, 4.69) is 20.5 Å². The van der Waals surface area contributed by atoms with Gasteiger partial charge in [-0.25, -0.2) is 9.67 Å². The van der Waals surface area contributed by atoms with E-state index in [1.807, 2.05) is 30.7 Å². The van der Waals surface area contributed by atoms with Crippen molar-refractivity contribution in [3.63, 3.8) is 0 Å². The Balaban J connectivity index is 1.55. The average Bonchev–Trinajstić information content (AvgIpc) is 2.98. The second-order valence-corrected chi connectivity index (χ2v) is 6.30. The third-order valence-electron chi connectivity index (χ3n) is 4.20. The molecular weight excluding hydrogens is 344 g/mol. The van der Waals surface area contributed by atoms with Crippen LogP contribution in [0.5, 0.6) is 0 Å². The van der Waals surface area contributed by atoms with Crippen LogP contribution >= 0.6 is 0 Å². The Bertz CT molecular complexity index is 1000. The topological polar surface area (TPSA) is 94.7 Å². The maximum atomic E-state index is 12.3. The molecule has 2 heterocycles. The SMILES string of the molecule is Cc1nc(C)n(CCCNC(=O)c2ccc(-c3ccc(=O)n(C)n3)cc2)n1. The summed E-state index contributed by atoms with van der Waals surface area (Å²) in [5, 5.41) is 11.4. The van der Waals surface area contributed by atoms with Gasteiger partial charge in [0.2, 0.25) is 0 Å². The Labute approximate surface area is 156 Å². The van der Waals surface area contributed by atoms with E-state index in [0.717, 1.165) is 23.6 Å². The van der Waals surface area contributed by atoms with Crippen LogP contribution in [0.25, 0.3) is 11.3 Å². The standard InChI is InChI=1S/C19H22N6O2/c1-13-21-14(2)25(22-13)12-4-11-20-19(27)16-7-5-15(6-8-16)17-9-10-18(26)24(3)23-17/h5-10H,4,11-12H2,1-3H3,(H,20,27). The number of rotatable bonds is 6. The predicted octanol–water partition coefficient (Wildman–Crippen LogP) is 1.48. The fourth-order valence-corrected chi connectivity index (χ4v) is 2.75. The zero-order valence-electron chi connectivity index (χ0n) is 15.6. The number of amides is 1. The van der Waals surface area contributed by atoms with Crippen molar-refractivity contribution in [2.45, 2.75) is 26.8 Å². The van der Waals surface area contributed by atoms with Gasteiger partial charge in [-0.05, 0) is 38.5 Å². The zero-order chi connectivity index (χ0) is 19.4. The van der Waals surface area contributed by atoms with Crippen LogP contribution in [0.4, 0.5) is 0 Å². The maximum Gasteiger partial charge on any atom is 0.266 e. The number of hydrogen-bond donors (Lipinski definition) is 1. The minimum absolute atomic E-state index is 0.124. The van der Waals surface area contributed by atoms with Crippen molar-refractivity contribution in [2.75, 3.05) is 6.54 Å². The van der Waals surface area contributed by atoms with Crippen molar-refractivity contribution < 1.29 is 4.79 Å². The molecule has 0 saturated heterocycles. The van der Waals surface area contributed by atoms with Gasteiger partial charge in [0.05, 0.1) is 5.69 Å². The van der Waals surface area contributed by atoms with Gasteiger partial charge in [-0.2, -0.15) is 10.2 Å². The summed E-state index contributed by atoms with van der Waals surface area (Å²) in [5.41, 5.74) is 1.95. The van der Waals surface area contributed by atoms with Gasteiger partial charge in [0.1, 0.15) is 11.6 Å². The minimum atomic E-state index is -0.161. The molecule has 8 heteroatoms. The summed E-state index contributed by atoms with van der Waals surface area (Å²) in [4.78, 5) is 27.9. The molecule has 3 rings (SSSR count). The molecule has 8 nitrogen and oxygen atoms in total. The molecule has 0 fully saturated rings. The summed E-state index contributed by atoms with van der Waals surface area (Å²) in [6.45, 7) is 5.05. The average molecular weight is 366 g/mol. The summed E-state index contributed by atoms with van der Waals surface area (Å²) in [5.74, 6) is 1.51. The van der Waals surface area contributed by atoms with E-state index in [-0.39, 0.29) is 11.5 Å². The molecule has 3 aromatic rings. The van der Waals surface area contributed by atoms with Gasteiger partial charge < -0.3 is 5.32 Å². The van der Waals surface area contributed by atoms with E-state index in [0.29, 0.717) is 24.3 Å². The number of carbonyl (C=O) groups excluding carboxylic acids is 1. The van der Waals surface area contributed by atoms with E-state index in [1.54, 1.807) is 25.2 Å². The lowest BCUT2D eigenvalue weighted by Crippen LogP contribution is -2.25. The third-order valence-corrected chi connectivity index (χ3v) is 4.20. The van der Waals surface area contributed by atoms with Crippen LogP contribution in [0, 0.1) is 13.8 Å². The molecule has 0 aliphatic rings. The van der Waals surface area contributed by atoms with Crippen molar-refractivity contribution in [3.8, 4) is 11.3 Å². The molecule has 0 radical (unpaired) electrons. The molecule has 1 aromatic carbocycles. The van der Waals surface area contributed by atoms with E-state index in [1.165, 1.54) is 10.7 Å². The first-order valence-electron chi connectivity index (χ1n) is 8.75. The van der Waals surface area contributed by atoms with E-state index >= 15 is 0 Å². The van der Waals surface area contributed by atoms with Crippen molar-refractivity contribution in [1.82, 2.24) is 29.9 Å². The molecule has 140 valence electrons. The summed E-state index contributed by atoms with van der Waals surface area (Å²) in [6.07, 6.45) is 0.773. The highest BCUT2D eigenvalue weighted by Crippen LogP contribution is 2.16. The highest BCUT2D eigenvalue weighted by Gasteiger charge is 2.07. The number of aromatic nitrogens is 5. The fourth-order valence-electron chi connectivity index (χ4n) is 2.75. The van der Waals surface area contributed by atoms with Crippen LogP contribution in [0.15, 0.2) is 41.2 Å². The lowest BCUT2D eigenvalue weighted by molar-refractivity contribution is 0.0952. The van der Waals surface area contributed by atoms with E-state index < -0.39 is 0 Å².